The standard InChI is InChI=1S/C19H23N5O4/c1-22-5-7-23(8-6-22)19(26)13-3-4-16(27-2)14(11-13)20-18(25)15-12-17-24(21-15)9-10-28-17/h3-4,11-12H,5-10H2,1-2H3,(H,20,25). The summed E-state index contributed by atoms with van der Waals surface area (Å²) in [4.78, 5) is 29.5. The first kappa shape index (κ1) is 18.3. The highest BCUT2D eigenvalue weighted by atomic mass is 16.5. The van der Waals surface area contributed by atoms with E-state index in [2.05, 4.69) is 15.3 Å². The van der Waals surface area contributed by atoms with Crippen LogP contribution in [0.3, 0.4) is 0 Å². The molecular formula is C19H23N5O4. The summed E-state index contributed by atoms with van der Waals surface area (Å²) in [6, 6.07) is 6.66. The van der Waals surface area contributed by atoms with Crippen LogP contribution < -0.4 is 14.8 Å². The molecule has 9 nitrogen and oxygen atoms in total. The van der Waals surface area contributed by atoms with Crippen LogP contribution >= 0.6 is 0 Å². The van der Waals surface area contributed by atoms with Crippen LogP contribution in [0.4, 0.5) is 5.69 Å². The number of carbonyl (C=O) groups is 2. The van der Waals surface area contributed by atoms with Crippen molar-refractivity contribution in [3.63, 3.8) is 0 Å². The van der Waals surface area contributed by atoms with E-state index in [9.17, 15) is 9.59 Å². The lowest BCUT2D eigenvalue weighted by Crippen LogP contribution is -2.47. The number of amides is 2. The number of hydrogen-bond donors (Lipinski definition) is 1. The topological polar surface area (TPSA) is 88.9 Å². The molecule has 2 aromatic rings. The van der Waals surface area contributed by atoms with Gasteiger partial charge >= 0.3 is 0 Å². The normalized spacial score (nSPS) is 16.4. The number of aromatic nitrogens is 2. The van der Waals surface area contributed by atoms with Crippen molar-refractivity contribution < 1.29 is 19.1 Å². The number of likely N-dealkylation sites (N-methyl/N-ethyl adjacent to an activating group) is 1. The summed E-state index contributed by atoms with van der Waals surface area (Å²) in [6.07, 6.45) is 0. The molecule has 0 radical (unpaired) electrons. The Morgan fingerprint density at radius 3 is 2.64 bits per heavy atom. The van der Waals surface area contributed by atoms with Gasteiger partial charge in [0.15, 0.2) is 5.69 Å². The average Bonchev–Trinajstić information content (AvgIpc) is 3.30. The maximum atomic E-state index is 12.8. The van der Waals surface area contributed by atoms with Gasteiger partial charge in [-0.25, -0.2) is 4.68 Å². The SMILES string of the molecule is COc1ccc(C(=O)N2CCN(C)CC2)cc1NC(=O)c1cc2n(n1)CCO2. The van der Waals surface area contributed by atoms with Gasteiger partial charge in [0.1, 0.15) is 12.4 Å². The van der Waals surface area contributed by atoms with Gasteiger partial charge in [0.05, 0.1) is 19.3 Å². The number of anilines is 1. The predicted molar refractivity (Wildman–Crippen MR) is 102 cm³/mol. The molecule has 0 aliphatic carbocycles. The Hall–Kier alpha value is -3.07. The molecule has 4 rings (SSSR count). The lowest BCUT2D eigenvalue weighted by atomic mass is 10.1. The van der Waals surface area contributed by atoms with Crippen molar-refractivity contribution in [1.82, 2.24) is 19.6 Å². The van der Waals surface area contributed by atoms with Crippen molar-refractivity contribution >= 4 is 17.5 Å². The second-order valence-corrected chi connectivity index (χ2v) is 6.90. The van der Waals surface area contributed by atoms with E-state index < -0.39 is 0 Å². The number of nitrogens with zero attached hydrogens (tertiary/aromatic N) is 4. The molecular weight excluding hydrogens is 362 g/mol. The van der Waals surface area contributed by atoms with Gasteiger partial charge in [0.2, 0.25) is 5.88 Å². The lowest BCUT2D eigenvalue weighted by molar-refractivity contribution is 0.0664. The first-order chi connectivity index (χ1) is 13.5. The van der Waals surface area contributed by atoms with Gasteiger partial charge in [-0.15, -0.1) is 0 Å². The number of nitrogens with one attached hydrogen (secondary N) is 1. The largest absolute Gasteiger partial charge is 0.495 e. The van der Waals surface area contributed by atoms with Crippen LogP contribution in [0.25, 0.3) is 0 Å². The average molecular weight is 385 g/mol. The van der Waals surface area contributed by atoms with Crippen molar-refractivity contribution in [3.8, 4) is 11.6 Å². The number of rotatable bonds is 4. The zero-order valence-corrected chi connectivity index (χ0v) is 16.0. The van der Waals surface area contributed by atoms with Gasteiger partial charge in [-0.3, -0.25) is 9.59 Å². The molecule has 0 unspecified atom stereocenters. The van der Waals surface area contributed by atoms with Gasteiger partial charge < -0.3 is 24.6 Å². The zero-order chi connectivity index (χ0) is 19.7. The third-order valence-electron chi connectivity index (χ3n) is 5.01. The van der Waals surface area contributed by atoms with E-state index in [1.807, 2.05) is 11.9 Å². The molecule has 3 heterocycles. The third-order valence-corrected chi connectivity index (χ3v) is 5.01. The summed E-state index contributed by atoms with van der Waals surface area (Å²) in [5, 5.41) is 7.04. The molecule has 28 heavy (non-hydrogen) atoms. The van der Waals surface area contributed by atoms with Crippen molar-refractivity contribution in [2.75, 3.05) is 52.3 Å². The van der Waals surface area contributed by atoms with Crippen LogP contribution in [0.15, 0.2) is 24.3 Å². The highest BCUT2D eigenvalue weighted by Crippen LogP contribution is 2.27. The van der Waals surface area contributed by atoms with Crippen LogP contribution in [-0.4, -0.2) is 78.3 Å². The van der Waals surface area contributed by atoms with Gasteiger partial charge in [-0.1, -0.05) is 0 Å². The maximum absolute atomic E-state index is 12.8. The molecule has 0 bridgehead atoms. The molecule has 1 N–H and O–H groups in total. The highest BCUT2D eigenvalue weighted by Gasteiger charge is 2.23. The van der Waals surface area contributed by atoms with E-state index in [0.29, 0.717) is 49.1 Å². The Kier molecular flexibility index (Phi) is 4.91. The van der Waals surface area contributed by atoms with E-state index in [-0.39, 0.29) is 17.5 Å². The van der Waals surface area contributed by atoms with Gasteiger partial charge in [-0.2, -0.15) is 5.10 Å². The quantitative estimate of drug-likeness (QED) is 0.842. The minimum Gasteiger partial charge on any atom is -0.495 e. The van der Waals surface area contributed by atoms with Crippen LogP contribution in [-0.2, 0) is 6.54 Å². The van der Waals surface area contributed by atoms with E-state index in [0.717, 1.165) is 13.1 Å². The number of fused-ring (bicyclic) bond motifs is 1. The summed E-state index contributed by atoms with van der Waals surface area (Å²) in [7, 11) is 3.56. The Morgan fingerprint density at radius 2 is 1.93 bits per heavy atom. The maximum Gasteiger partial charge on any atom is 0.276 e. The molecule has 9 heteroatoms. The van der Waals surface area contributed by atoms with E-state index >= 15 is 0 Å². The molecule has 2 aliphatic heterocycles. The Bertz CT molecular complexity index is 880. The second kappa shape index (κ2) is 7.51. The Morgan fingerprint density at radius 1 is 1.14 bits per heavy atom. The van der Waals surface area contributed by atoms with Crippen molar-refractivity contribution in [1.29, 1.82) is 0 Å². The molecule has 2 aliphatic rings. The summed E-state index contributed by atoms with van der Waals surface area (Å²) in [5.41, 5.74) is 1.20. The number of ether oxygens (including phenoxy) is 2. The number of hydrogen-bond acceptors (Lipinski definition) is 6. The van der Waals surface area contributed by atoms with Gasteiger partial charge in [-0.05, 0) is 25.2 Å². The molecule has 148 valence electrons. The minimum absolute atomic E-state index is 0.0550. The number of piperazine rings is 1. The first-order valence-electron chi connectivity index (χ1n) is 9.23. The smallest absolute Gasteiger partial charge is 0.276 e. The van der Waals surface area contributed by atoms with E-state index in [4.69, 9.17) is 9.47 Å². The van der Waals surface area contributed by atoms with E-state index in [1.54, 1.807) is 28.9 Å². The molecule has 2 amide bonds. The third kappa shape index (κ3) is 3.53. The minimum atomic E-state index is -0.381. The zero-order valence-electron chi connectivity index (χ0n) is 16.0. The first-order valence-corrected chi connectivity index (χ1v) is 9.23. The molecule has 1 saturated heterocycles. The molecule has 1 aromatic carbocycles. The highest BCUT2D eigenvalue weighted by molar-refractivity contribution is 6.05. The number of carbonyl (C=O) groups excluding carboxylic acids is 2. The van der Waals surface area contributed by atoms with Crippen LogP contribution in [0.1, 0.15) is 20.8 Å². The number of benzene rings is 1. The predicted octanol–water partition coefficient (Wildman–Crippen LogP) is 0.924. The lowest BCUT2D eigenvalue weighted by Gasteiger charge is -2.32. The molecule has 1 fully saturated rings. The number of methoxy groups -OCH3 is 1. The van der Waals surface area contributed by atoms with Crippen molar-refractivity contribution in [2.45, 2.75) is 6.54 Å². The fraction of sp³-hybridized carbons (Fsp3) is 0.421. The Balaban J connectivity index is 1.53. The summed E-state index contributed by atoms with van der Waals surface area (Å²) < 4.78 is 12.4. The summed E-state index contributed by atoms with van der Waals surface area (Å²) in [5.74, 6) is 0.621. The summed E-state index contributed by atoms with van der Waals surface area (Å²) in [6.45, 7) is 4.25. The monoisotopic (exact) mass is 385 g/mol. The van der Waals surface area contributed by atoms with Crippen LogP contribution in [0.2, 0.25) is 0 Å². The van der Waals surface area contributed by atoms with Gasteiger partial charge in [0, 0.05) is 37.8 Å². The fourth-order valence-electron chi connectivity index (χ4n) is 3.34. The van der Waals surface area contributed by atoms with Crippen molar-refractivity contribution in [3.05, 3.63) is 35.5 Å². The Labute approximate surface area is 162 Å². The molecule has 1 aromatic heterocycles. The van der Waals surface area contributed by atoms with Gasteiger partial charge in [0.25, 0.3) is 11.8 Å². The van der Waals surface area contributed by atoms with Crippen LogP contribution in [0, 0.1) is 0 Å². The molecule has 0 saturated carbocycles. The fourth-order valence-corrected chi connectivity index (χ4v) is 3.34. The molecule has 0 atom stereocenters. The van der Waals surface area contributed by atoms with Crippen LogP contribution in [0.5, 0.6) is 11.6 Å². The van der Waals surface area contributed by atoms with E-state index in [1.165, 1.54) is 7.11 Å². The second-order valence-electron chi connectivity index (χ2n) is 6.90. The summed E-state index contributed by atoms with van der Waals surface area (Å²) >= 11 is 0. The van der Waals surface area contributed by atoms with Crippen molar-refractivity contribution in [2.24, 2.45) is 0 Å². The molecule has 0 spiro atoms.